The Labute approximate surface area is 142 Å². The Morgan fingerprint density at radius 1 is 1.14 bits per heavy atom. The topological polar surface area (TPSA) is 55.8 Å². The van der Waals surface area contributed by atoms with Gasteiger partial charge in [0, 0.05) is 15.6 Å². The first kappa shape index (κ1) is 16.7. The van der Waals surface area contributed by atoms with Crippen LogP contribution < -0.4 is 9.47 Å². The monoisotopic (exact) mass is 360 g/mol. The third kappa shape index (κ3) is 3.77. The van der Waals surface area contributed by atoms with E-state index < -0.39 is 5.97 Å². The zero-order valence-corrected chi connectivity index (χ0v) is 13.7. The number of rotatable bonds is 5. The molecule has 0 spiro atoms. The number of carboxylic acid groups (broad SMARTS) is 1. The quantitative estimate of drug-likeness (QED) is 0.820. The number of carbonyl (C=O) groups is 1. The summed E-state index contributed by atoms with van der Waals surface area (Å²) in [5.74, 6) is -0.623. The molecule has 0 aliphatic heterocycles. The molecule has 0 fully saturated rings. The van der Waals surface area contributed by atoms with Gasteiger partial charge in [0.05, 0.1) is 17.7 Å². The summed E-state index contributed by atoms with van der Waals surface area (Å²) in [6, 6.07) is 7.67. The lowest BCUT2D eigenvalue weighted by Crippen LogP contribution is -2.02. The van der Waals surface area contributed by atoms with Crippen molar-refractivity contribution in [2.75, 3.05) is 7.11 Å². The predicted octanol–water partition coefficient (Wildman–Crippen LogP) is 4.93. The fourth-order valence-electron chi connectivity index (χ4n) is 1.77. The summed E-state index contributed by atoms with van der Waals surface area (Å²) in [6.07, 6.45) is 0. The molecular formula is C15H11Cl3O4. The van der Waals surface area contributed by atoms with Gasteiger partial charge >= 0.3 is 5.97 Å². The normalized spacial score (nSPS) is 10.4. The first-order valence-corrected chi connectivity index (χ1v) is 7.23. The third-order valence-electron chi connectivity index (χ3n) is 2.86. The second-order valence-corrected chi connectivity index (χ2v) is 5.57. The van der Waals surface area contributed by atoms with E-state index in [0.29, 0.717) is 15.6 Å². The molecule has 0 radical (unpaired) electrons. The van der Waals surface area contributed by atoms with E-state index in [-0.39, 0.29) is 28.7 Å². The summed E-state index contributed by atoms with van der Waals surface area (Å²) in [4.78, 5) is 11.0. The molecule has 22 heavy (non-hydrogen) atoms. The van der Waals surface area contributed by atoms with Crippen LogP contribution in [-0.2, 0) is 6.61 Å². The Bertz CT molecular complexity index is 716. The second kappa shape index (κ2) is 7.09. The van der Waals surface area contributed by atoms with Crippen molar-refractivity contribution < 1.29 is 19.4 Å². The highest BCUT2D eigenvalue weighted by molar-refractivity contribution is 6.35. The number of ether oxygens (including phenoxy) is 2. The molecule has 0 aromatic heterocycles. The zero-order chi connectivity index (χ0) is 16.3. The van der Waals surface area contributed by atoms with Crippen molar-refractivity contribution in [2.24, 2.45) is 0 Å². The van der Waals surface area contributed by atoms with Crippen molar-refractivity contribution in [1.29, 1.82) is 0 Å². The number of hydrogen-bond acceptors (Lipinski definition) is 3. The smallest absolute Gasteiger partial charge is 0.335 e. The van der Waals surface area contributed by atoms with Crippen LogP contribution in [0.1, 0.15) is 15.9 Å². The maximum Gasteiger partial charge on any atom is 0.335 e. The number of benzene rings is 2. The summed E-state index contributed by atoms with van der Waals surface area (Å²) in [6.45, 7) is 0.137. The van der Waals surface area contributed by atoms with Crippen LogP contribution in [0.25, 0.3) is 0 Å². The van der Waals surface area contributed by atoms with Crippen LogP contribution in [0, 0.1) is 0 Å². The Hall–Kier alpha value is -1.62. The first-order chi connectivity index (χ1) is 10.4. The van der Waals surface area contributed by atoms with Gasteiger partial charge < -0.3 is 14.6 Å². The summed E-state index contributed by atoms with van der Waals surface area (Å²) < 4.78 is 10.8. The van der Waals surface area contributed by atoms with E-state index in [1.807, 2.05) is 0 Å². The Morgan fingerprint density at radius 2 is 1.86 bits per heavy atom. The molecule has 0 saturated heterocycles. The number of methoxy groups -OCH3 is 1. The maximum atomic E-state index is 11.0. The largest absolute Gasteiger partial charge is 0.493 e. The van der Waals surface area contributed by atoms with Gasteiger partial charge in [0.1, 0.15) is 6.61 Å². The molecule has 0 aliphatic rings. The molecule has 0 atom stereocenters. The average molecular weight is 362 g/mol. The molecule has 0 aliphatic carbocycles. The van der Waals surface area contributed by atoms with E-state index in [4.69, 9.17) is 49.4 Å². The van der Waals surface area contributed by atoms with E-state index in [0.717, 1.165) is 0 Å². The lowest BCUT2D eigenvalue weighted by atomic mass is 10.2. The lowest BCUT2D eigenvalue weighted by molar-refractivity contribution is 0.0696. The maximum absolute atomic E-state index is 11.0. The van der Waals surface area contributed by atoms with Gasteiger partial charge in [-0.05, 0) is 24.3 Å². The second-order valence-electron chi connectivity index (χ2n) is 4.32. The van der Waals surface area contributed by atoms with Crippen molar-refractivity contribution in [3.8, 4) is 11.5 Å². The Kier molecular flexibility index (Phi) is 5.40. The van der Waals surface area contributed by atoms with E-state index in [2.05, 4.69) is 0 Å². The summed E-state index contributed by atoms with van der Waals surface area (Å²) >= 11 is 18.0. The van der Waals surface area contributed by atoms with Crippen LogP contribution in [-0.4, -0.2) is 18.2 Å². The number of carboxylic acids is 1. The molecule has 1 N–H and O–H groups in total. The fourth-order valence-corrected chi connectivity index (χ4v) is 2.50. The molecule has 4 nitrogen and oxygen atoms in total. The predicted molar refractivity (Wildman–Crippen MR) is 85.8 cm³/mol. The highest BCUT2D eigenvalue weighted by atomic mass is 35.5. The van der Waals surface area contributed by atoms with Gasteiger partial charge in [0.15, 0.2) is 11.5 Å². The standard InChI is InChI=1S/C15H11Cl3O4/c1-21-13-5-9(15(19)20)4-12(18)14(13)22-7-8-2-3-10(16)6-11(8)17/h2-6H,7H2,1H3,(H,19,20). The zero-order valence-electron chi connectivity index (χ0n) is 11.4. The van der Waals surface area contributed by atoms with Crippen molar-refractivity contribution in [2.45, 2.75) is 6.61 Å². The van der Waals surface area contributed by atoms with Crippen LogP contribution in [0.5, 0.6) is 11.5 Å². The lowest BCUT2D eigenvalue weighted by Gasteiger charge is -2.14. The molecule has 2 rings (SSSR count). The highest BCUT2D eigenvalue weighted by Gasteiger charge is 2.16. The van der Waals surface area contributed by atoms with E-state index in [9.17, 15) is 4.79 Å². The van der Waals surface area contributed by atoms with Gasteiger partial charge in [-0.15, -0.1) is 0 Å². The Balaban J connectivity index is 2.27. The number of halogens is 3. The van der Waals surface area contributed by atoms with Crippen molar-refractivity contribution >= 4 is 40.8 Å². The molecule has 2 aromatic carbocycles. The number of aromatic carboxylic acids is 1. The average Bonchev–Trinajstić information content (AvgIpc) is 2.46. The summed E-state index contributed by atoms with van der Waals surface area (Å²) in [5.41, 5.74) is 0.727. The molecule has 0 saturated carbocycles. The van der Waals surface area contributed by atoms with E-state index in [1.54, 1.807) is 18.2 Å². The SMILES string of the molecule is COc1cc(C(=O)O)cc(Cl)c1OCc1ccc(Cl)cc1Cl. The third-order valence-corrected chi connectivity index (χ3v) is 3.73. The summed E-state index contributed by atoms with van der Waals surface area (Å²) in [5, 5.41) is 10.1. The molecule has 116 valence electrons. The van der Waals surface area contributed by atoms with Crippen molar-refractivity contribution in [3.05, 3.63) is 56.5 Å². The van der Waals surface area contributed by atoms with Crippen LogP contribution in [0.3, 0.4) is 0 Å². The van der Waals surface area contributed by atoms with Gasteiger partial charge in [-0.25, -0.2) is 4.79 Å². The van der Waals surface area contributed by atoms with Gasteiger partial charge in [0.2, 0.25) is 0 Å². The highest BCUT2D eigenvalue weighted by Crippen LogP contribution is 2.37. The molecule has 0 unspecified atom stereocenters. The molecule has 7 heteroatoms. The molecule has 2 aromatic rings. The van der Waals surface area contributed by atoms with Crippen molar-refractivity contribution in [3.63, 3.8) is 0 Å². The van der Waals surface area contributed by atoms with Crippen LogP contribution in [0.15, 0.2) is 30.3 Å². The fraction of sp³-hybridized carbons (Fsp3) is 0.133. The summed E-state index contributed by atoms with van der Waals surface area (Å²) in [7, 11) is 1.40. The van der Waals surface area contributed by atoms with E-state index >= 15 is 0 Å². The van der Waals surface area contributed by atoms with Crippen LogP contribution in [0.4, 0.5) is 0 Å². The van der Waals surface area contributed by atoms with Crippen molar-refractivity contribution in [1.82, 2.24) is 0 Å². The van der Waals surface area contributed by atoms with E-state index in [1.165, 1.54) is 19.2 Å². The molecule has 0 bridgehead atoms. The van der Waals surface area contributed by atoms with Gasteiger partial charge in [0.25, 0.3) is 0 Å². The molecule has 0 amide bonds. The van der Waals surface area contributed by atoms with Gasteiger partial charge in [-0.1, -0.05) is 40.9 Å². The molecular weight excluding hydrogens is 351 g/mol. The number of hydrogen-bond donors (Lipinski definition) is 1. The van der Waals surface area contributed by atoms with Gasteiger partial charge in [-0.2, -0.15) is 0 Å². The van der Waals surface area contributed by atoms with Gasteiger partial charge in [-0.3, -0.25) is 0 Å². The minimum Gasteiger partial charge on any atom is -0.493 e. The van der Waals surface area contributed by atoms with Crippen LogP contribution >= 0.6 is 34.8 Å². The minimum atomic E-state index is -1.10. The minimum absolute atomic E-state index is 0.0127. The molecule has 0 heterocycles. The Morgan fingerprint density at radius 3 is 2.45 bits per heavy atom. The van der Waals surface area contributed by atoms with Crippen LogP contribution in [0.2, 0.25) is 15.1 Å². The first-order valence-electron chi connectivity index (χ1n) is 6.10.